The summed E-state index contributed by atoms with van der Waals surface area (Å²) in [6, 6.07) is 10.7. The van der Waals surface area contributed by atoms with Crippen LogP contribution in [0.15, 0.2) is 30.3 Å². The lowest BCUT2D eigenvalue weighted by Crippen LogP contribution is -2.35. The van der Waals surface area contributed by atoms with Gasteiger partial charge in [0.1, 0.15) is 0 Å². The Hall–Kier alpha value is -1.39. The van der Waals surface area contributed by atoms with Gasteiger partial charge in [0.15, 0.2) is 0 Å². The molecule has 0 N–H and O–H groups in total. The van der Waals surface area contributed by atoms with E-state index in [1.807, 2.05) is 11.8 Å². The second kappa shape index (κ2) is 10.4. The van der Waals surface area contributed by atoms with Gasteiger partial charge in [-0.1, -0.05) is 30.3 Å². The average Bonchev–Trinajstić information content (AvgIpc) is 2.82. The van der Waals surface area contributed by atoms with Crippen molar-refractivity contribution in [3.63, 3.8) is 0 Å². The predicted octanol–water partition coefficient (Wildman–Crippen LogP) is 2.58. The molecule has 0 bridgehead atoms. The molecule has 4 nitrogen and oxygen atoms in total. The van der Waals surface area contributed by atoms with Gasteiger partial charge in [0, 0.05) is 26.2 Å². The fraction of sp³-hybridized carbons (Fsp3) is 0.632. The molecule has 0 spiro atoms. The second-order valence-corrected chi connectivity index (χ2v) is 6.11. The van der Waals surface area contributed by atoms with Gasteiger partial charge < -0.3 is 14.5 Å². The number of carbonyl (C=O) groups excluding carboxylic acids is 1. The molecule has 1 aromatic rings. The van der Waals surface area contributed by atoms with E-state index in [9.17, 15) is 4.79 Å². The number of hydrogen-bond donors (Lipinski definition) is 0. The van der Waals surface area contributed by atoms with Crippen molar-refractivity contribution >= 4 is 5.91 Å². The Morgan fingerprint density at radius 3 is 2.74 bits per heavy atom. The maximum atomic E-state index is 12.2. The Kier molecular flexibility index (Phi) is 8.12. The Morgan fingerprint density at radius 2 is 1.96 bits per heavy atom. The number of hydrogen-bond acceptors (Lipinski definition) is 3. The molecule has 0 saturated carbocycles. The van der Waals surface area contributed by atoms with Crippen molar-refractivity contribution in [3.05, 3.63) is 35.9 Å². The van der Waals surface area contributed by atoms with E-state index in [1.165, 1.54) is 12.0 Å². The van der Waals surface area contributed by atoms with Crippen LogP contribution in [-0.2, 0) is 16.0 Å². The Bertz CT molecular complexity index is 450. The summed E-state index contributed by atoms with van der Waals surface area (Å²) in [5.74, 6) is 0.240. The highest BCUT2D eigenvalue weighted by molar-refractivity contribution is 5.76. The number of nitrogens with zero attached hydrogens (tertiary/aromatic N) is 2. The molecular weight excluding hydrogens is 288 g/mol. The van der Waals surface area contributed by atoms with Crippen molar-refractivity contribution in [2.24, 2.45) is 0 Å². The van der Waals surface area contributed by atoms with Gasteiger partial charge in [0.25, 0.3) is 0 Å². The smallest absolute Gasteiger partial charge is 0.224 e. The lowest BCUT2D eigenvalue weighted by atomic mass is 10.1. The molecule has 0 atom stereocenters. The van der Waals surface area contributed by atoms with E-state index >= 15 is 0 Å². The normalized spacial score (nSPS) is 16.3. The van der Waals surface area contributed by atoms with Gasteiger partial charge in [-0.15, -0.1) is 0 Å². The zero-order valence-electron chi connectivity index (χ0n) is 14.4. The SMILES string of the molecule is CCOCCC(=O)N1CCCN(CCCc2ccccc2)CC1. The predicted molar refractivity (Wildman–Crippen MR) is 93.5 cm³/mol. The number of ether oxygens (including phenoxy) is 1. The van der Waals surface area contributed by atoms with Crippen LogP contribution >= 0.6 is 0 Å². The van der Waals surface area contributed by atoms with Crippen LogP contribution in [0.3, 0.4) is 0 Å². The number of carbonyl (C=O) groups is 1. The van der Waals surface area contributed by atoms with Crippen LogP contribution in [-0.4, -0.2) is 61.6 Å². The molecule has 2 rings (SSSR count). The van der Waals surface area contributed by atoms with Gasteiger partial charge in [0.05, 0.1) is 13.0 Å². The third kappa shape index (κ3) is 6.71. The zero-order chi connectivity index (χ0) is 16.3. The summed E-state index contributed by atoms with van der Waals surface area (Å²) in [4.78, 5) is 16.7. The van der Waals surface area contributed by atoms with E-state index in [4.69, 9.17) is 4.74 Å². The van der Waals surface area contributed by atoms with E-state index in [0.717, 1.165) is 45.6 Å². The standard InChI is InChI=1S/C19H30N2O2/c1-2-23-17-11-19(22)21-14-7-13-20(15-16-21)12-6-10-18-8-4-3-5-9-18/h3-5,8-9H,2,6-7,10-17H2,1H3. The molecule has 0 aliphatic carbocycles. The largest absolute Gasteiger partial charge is 0.381 e. The first-order valence-corrected chi connectivity index (χ1v) is 8.91. The first kappa shape index (κ1) is 18.0. The van der Waals surface area contributed by atoms with Gasteiger partial charge in [-0.05, 0) is 44.8 Å². The third-order valence-electron chi connectivity index (χ3n) is 4.39. The molecule has 23 heavy (non-hydrogen) atoms. The lowest BCUT2D eigenvalue weighted by molar-refractivity contribution is -0.132. The van der Waals surface area contributed by atoms with Crippen molar-refractivity contribution in [2.45, 2.75) is 32.6 Å². The van der Waals surface area contributed by atoms with Crippen LogP contribution < -0.4 is 0 Å². The summed E-state index contributed by atoms with van der Waals surface area (Å²) in [5.41, 5.74) is 1.41. The van der Waals surface area contributed by atoms with Crippen molar-refractivity contribution < 1.29 is 9.53 Å². The van der Waals surface area contributed by atoms with Crippen LogP contribution in [0, 0.1) is 0 Å². The van der Waals surface area contributed by atoms with Crippen molar-refractivity contribution in [1.82, 2.24) is 9.80 Å². The summed E-state index contributed by atoms with van der Waals surface area (Å²) in [6.45, 7) is 8.16. The van der Waals surface area contributed by atoms with Gasteiger partial charge >= 0.3 is 0 Å². The minimum absolute atomic E-state index is 0.240. The Balaban J connectivity index is 1.66. The van der Waals surface area contributed by atoms with E-state index in [0.29, 0.717) is 19.6 Å². The highest BCUT2D eigenvalue weighted by Crippen LogP contribution is 2.08. The van der Waals surface area contributed by atoms with E-state index < -0.39 is 0 Å². The van der Waals surface area contributed by atoms with Crippen LogP contribution in [0.5, 0.6) is 0 Å². The monoisotopic (exact) mass is 318 g/mol. The maximum absolute atomic E-state index is 12.2. The zero-order valence-corrected chi connectivity index (χ0v) is 14.4. The second-order valence-electron chi connectivity index (χ2n) is 6.11. The number of aryl methyl sites for hydroxylation is 1. The van der Waals surface area contributed by atoms with Crippen molar-refractivity contribution in [1.29, 1.82) is 0 Å². The summed E-state index contributed by atoms with van der Waals surface area (Å²) in [6.07, 6.45) is 3.91. The van der Waals surface area contributed by atoms with Crippen molar-refractivity contribution in [3.8, 4) is 0 Å². The number of rotatable bonds is 8. The first-order valence-electron chi connectivity index (χ1n) is 8.91. The van der Waals surface area contributed by atoms with Gasteiger partial charge in [0.2, 0.25) is 5.91 Å². The first-order chi connectivity index (χ1) is 11.3. The molecule has 1 aromatic carbocycles. The van der Waals surface area contributed by atoms with E-state index in [1.54, 1.807) is 0 Å². The number of amides is 1. The average molecular weight is 318 g/mol. The summed E-state index contributed by atoms with van der Waals surface area (Å²) >= 11 is 0. The molecule has 1 heterocycles. The third-order valence-corrected chi connectivity index (χ3v) is 4.39. The van der Waals surface area contributed by atoms with Crippen LogP contribution in [0.25, 0.3) is 0 Å². The van der Waals surface area contributed by atoms with E-state index in [2.05, 4.69) is 35.2 Å². The molecule has 0 radical (unpaired) electrons. The highest BCUT2D eigenvalue weighted by atomic mass is 16.5. The molecule has 1 aliphatic heterocycles. The Morgan fingerprint density at radius 1 is 1.13 bits per heavy atom. The van der Waals surface area contributed by atoms with Gasteiger partial charge in [-0.2, -0.15) is 0 Å². The van der Waals surface area contributed by atoms with Gasteiger partial charge in [-0.25, -0.2) is 0 Å². The molecule has 1 fully saturated rings. The molecule has 128 valence electrons. The van der Waals surface area contributed by atoms with Gasteiger partial charge in [-0.3, -0.25) is 4.79 Å². The molecule has 1 saturated heterocycles. The van der Waals surface area contributed by atoms with E-state index in [-0.39, 0.29) is 5.91 Å². The highest BCUT2D eigenvalue weighted by Gasteiger charge is 2.18. The maximum Gasteiger partial charge on any atom is 0.224 e. The van der Waals surface area contributed by atoms with Crippen LogP contribution in [0.1, 0.15) is 31.7 Å². The Labute approximate surface area is 140 Å². The number of benzene rings is 1. The minimum Gasteiger partial charge on any atom is -0.381 e. The summed E-state index contributed by atoms with van der Waals surface area (Å²) in [7, 11) is 0. The molecular formula is C19H30N2O2. The molecule has 1 aliphatic rings. The van der Waals surface area contributed by atoms with Crippen LogP contribution in [0.2, 0.25) is 0 Å². The van der Waals surface area contributed by atoms with Crippen LogP contribution in [0.4, 0.5) is 0 Å². The summed E-state index contributed by atoms with van der Waals surface area (Å²) < 4.78 is 5.28. The molecule has 0 aromatic heterocycles. The fourth-order valence-electron chi connectivity index (χ4n) is 3.06. The topological polar surface area (TPSA) is 32.8 Å². The molecule has 1 amide bonds. The minimum atomic E-state index is 0.240. The van der Waals surface area contributed by atoms with Crippen molar-refractivity contribution in [2.75, 3.05) is 45.9 Å². The quantitative estimate of drug-likeness (QED) is 0.691. The molecule has 0 unspecified atom stereocenters. The summed E-state index contributed by atoms with van der Waals surface area (Å²) in [5, 5.41) is 0. The lowest BCUT2D eigenvalue weighted by Gasteiger charge is -2.22. The fourth-order valence-corrected chi connectivity index (χ4v) is 3.06. The molecule has 4 heteroatoms.